The lowest BCUT2D eigenvalue weighted by Gasteiger charge is -2.08. The lowest BCUT2D eigenvalue weighted by Crippen LogP contribution is -2.13. The van der Waals surface area contributed by atoms with Crippen LogP contribution in [-0.4, -0.2) is 15.9 Å². The summed E-state index contributed by atoms with van der Waals surface area (Å²) in [6, 6.07) is 7.71. The molecule has 9 heteroatoms. The number of amides is 1. The highest BCUT2D eigenvalue weighted by Gasteiger charge is 2.11. The zero-order valence-corrected chi connectivity index (χ0v) is 14.4. The van der Waals surface area contributed by atoms with E-state index in [1.807, 2.05) is 0 Å². The number of hydrogen-bond donors (Lipinski definition) is 2. The number of carbonyl (C=O) groups excluding carboxylic acids is 1. The van der Waals surface area contributed by atoms with E-state index in [0.29, 0.717) is 10.7 Å². The van der Waals surface area contributed by atoms with Gasteiger partial charge in [0.15, 0.2) is 0 Å². The summed E-state index contributed by atoms with van der Waals surface area (Å²) in [7, 11) is 0. The summed E-state index contributed by atoms with van der Waals surface area (Å²) >= 11 is 11.8. The molecule has 1 aromatic heterocycles. The Kier molecular flexibility index (Phi) is 5.29. The van der Waals surface area contributed by atoms with Crippen LogP contribution in [0.4, 0.5) is 26.1 Å². The summed E-state index contributed by atoms with van der Waals surface area (Å²) in [5, 5.41) is 5.94. The number of rotatable bonds is 4. The molecule has 1 amide bonds. The first-order valence-corrected chi connectivity index (χ1v) is 7.98. The normalized spacial score (nSPS) is 10.5. The summed E-state index contributed by atoms with van der Waals surface area (Å²) in [6.45, 7) is 0. The lowest BCUT2D eigenvalue weighted by atomic mass is 10.2. The fraction of sp³-hybridized carbons (Fsp3) is 0. The van der Waals surface area contributed by atoms with Gasteiger partial charge in [-0.2, -0.15) is 0 Å². The Morgan fingerprint density at radius 3 is 2.31 bits per heavy atom. The quantitative estimate of drug-likeness (QED) is 0.648. The molecule has 2 aromatic carbocycles. The Hall–Kier alpha value is -2.77. The minimum atomic E-state index is -0.784. The van der Waals surface area contributed by atoms with Gasteiger partial charge in [-0.25, -0.2) is 18.7 Å². The minimum absolute atomic E-state index is 0.0107. The van der Waals surface area contributed by atoms with E-state index in [9.17, 15) is 13.6 Å². The molecule has 0 aliphatic heterocycles. The molecule has 0 aliphatic rings. The van der Waals surface area contributed by atoms with Crippen LogP contribution < -0.4 is 10.6 Å². The molecule has 2 N–H and O–H groups in total. The van der Waals surface area contributed by atoms with Crippen LogP contribution >= 0.6 is 23.2 Å². The van der Waals surface area contributed by atoms with Crippen molar-refractivity contribution in [3.05, 3.63) is 76.0 Å². The van der Waals surface area contributed by atoms with Gasteiger partial charge in [-0.1, -0.05) is 23.2 Å². The van der Waals surface area contributed by atoms with Gasteiger partial charge < -0.3 is 10.6 Å². The highest BCUT2D eigenvalue weighted by Crippen LogP contribution is 2.26. The van der Waals surface area contributed by atoms with Crippen molar-refractivity contribution in [1.82, 2.24) is 9.97 Å². The molecule has 0 fully saturated rings. The Morgan fingerprint density at radius 1 is 0.962 bits per heavy atom. The van der Waals surface area contributed by atoms with Crippen molar-refractivity contribution < 1.29 is 13.6 Å². The van der Waals surface area contributed by atoms with Gasteiger partial charge in [0.25, 0.3) is 5.91 Å². The first-order chi connectivity index (χ1) is 12.4. The van der Waals surface area contributed by atoms with Crippen molar-refractivity contribution >= 4 is 46.4 Å². The SMILES string of the molecule is O=C(Nc1ccc(Cl)cc1Cl)c1cnc(Nc2ccc(F)cc2F)nc1. The molecule has 0 atom stereocenters. The summed E-state index contributed by atoms with van der Waals surface area (Å²) < 4.78 is 26.5. The zero-order valence-electron chi connectivity index (χ0n) is 12.9. The fourth-order valence-electron chi connectivity index (χ4n) is 2.01. The molecular formula is C17H10Cl2F2N4O. The highest BCUT2D eigenvalue weighted by molar-refractivity contribution is 6.36. The number of nitrogens with one attached hydrogen (secondary N) is 2. The second-order valence-electron chi connectivity index (χ2n) is 5.12. The van der Waals surface area contributed by atoms with Crippen LogP contribution in [0.3, 0.4) is 0 Å². The maximum absolute atomic E-state index is 13.6. The molecule has 0 radical (unpaired) electrons. The molecule has 132 valence electrons. The smallest absolute Gasteiger partial charge is 0.258 e. The third-order valence-corrected chi connectivity index (χ3v) is 3.82. The molecule has 5 nitrogen and oxygen atoms in total. The molecule has 3 rings (SSSR count). The molecule has 3 aromatic rings. The summed E-state index contributed by atoms with van der Waals surface area (Å²) in [6.07, 6.45) is 2.52. The third-order valence-electron chi connectivity index (χ3n) is 3.27. The number of hydrogen-bond acceptors (Lipinski definition) is 4. The van der Waals surface area contributed by atoms with Gasteiger partial charge in [0.2, 0.25) is 5.95 Å². The lowest BCUT2D eigenvalue weighted by molar-refractivity contribution is 0.102. The fourth-order valence-corrected chi connectivity index (χ4v) is 2.46. The van der Waals surface area contributed by atoms with E-state index in [4.69, 9.17) is 23.2 Å². The van der Waals surface area contributed by atoms with Gasteiger partial charge in [-0.15, -0.1) is 0 Å². The molecule has 0 saturated carbocycles. The van der Waals surface area contributed by atoms with Crippen molar-refractivity contribution in [2.24, 2.45) is 0 Å². The first kappa shape index (κ1) is 18.0. The van der Waals surface area contributed by atoms with Crippen molar-refractivity contribution in [1.29, 1.82) is 0 Å². The zero-order chi connectivity index (χ0) is 18.7. The molecule has 0 bridgehead atoms. The van der Waals surface area contributed by atoms with Crippen molar-refractivity contribution in [3.63, 3.8) is 0 Å². The van der Waals surface area contributed by atoms with E-state index < -0.39 is 17.5 Å². The van der Waals surface area contributed by atoms with Gasteiger partial charge >= 0.3 is 0 Å². The second kappa shape index (κ2) is 7.63. The van der Waals surface area contributed by atoms with Gasteiger partial charge in [-0.05, 0) is 30.3 Å². The van der Waals surface area contributed by atoms with E-state index in [-0.39, 0.29) is 22.2 Å². The number of anilines is 3. The monoisotopic (exact) mass is 394 g/mol. The molecule has 1 heterocycles. The van der Waals surface area contributed by atoms with Gasteiger partial charge in [0.05, 0.1) is 22.0 Å². The predicted molar refractivity (Wildman–Crippen MR) is 96.1 cm³/mol. The van der Waals surface area contributed by atoms with Crippen LogP contribution in [0.25, 0.3) is 0 Å². The molecule has 0 unspecified atom stereocenters. The molecule has 26 heavy (non-hydrogen) atoms. The number of carbonyl (C=O) groups is 1. The Balaban J connectivity index is 1.71. The topological polar surface area (TPSA) is 66.9 Å². The van der Waals surface area contributed by atoms with Crippen LogP contribution in [0.2, 0.25) is 10.0 Å². The Bertz CT molecular complexity index is 967. The van der Waals surface area contributed by atoms with Crippen molar-refractivity contribution in [2.45, 2.75) is 0 Å². The van der Waals surface area contributed by atoms with Gasteiger partial charge in [0.1, 0.15) is 11.6 Å². The molecular weight excluding hydrogens is 385 g/mol. The molecule has 0 aliphatic carbocycles. The van der Waals surface area contributed by atoms with Crippen LogP contribution in [0.1, 0.15) is 10.4 Å². The van der Waals surface area contributed by atoms with Crippen LogP contribution in [0.15, 0.2) is 48.8 Å². The van der Waals surface area contributed by atoms with Gasteiger partial charge in [-0.3, -0.25) is 4.79 Å². The summed E-state index contributed by atoms with van der Waals surface area (Å²) in [5.74, 6) is -1.90. The van der Waals surface area contributed by atoms with Crippen LogP contribution in [0.5, 0.6) is 0 Å². The number of benzene rings is 2. The van der Waals surface area contributed by atoms with E-state index >= 15 is 0 Å². The van der Waals surface area contributed by atoms with Crippen LogP contribution in [0, 0.1) is 11.6 Å². The average Bonchev–Trinajstić information content (AvgIpc) is 2.60. The number of nitrogens with zero attached hydrogens (tertiary/aromatic N) is 2. The standard InChI is InChI=1S/C17H10Cl2F2N4O/c18-10-1-3-14(12(19)5-10)24-16(26)9-7-22-17(23-8-9)25-15-4-2-11(20)6-13(15)21/h1-8H,(H,24,26)(H,22,23,25). The summed E-state index contributed by atoms with van der Waals surface area (Å²) in [5.41, 5.74) is 0.564. The Morgan fingerprint density at radius 2 is 1.65 bits per heavy atom. The van der Waals surface area contributed by atoms with E-state index in [1.165, 1.54) is 24.5 Å². The van der Waals surface area contributed by atoms with Crippen molar-refractivity contribution in [3.8, 4) is 0 Å². The maximum atomic E-state index is 13.6. The van der Waals surface area contributed by atoms with E-state index in [2.05, 4.69) is 20.6 Å². The maximum Gasteiger partial charge on any atom is 0.258 e. The average molecular weight is 395 g/mol. The van der Waals surface area contributed by atoms with E-state index in [0.717, 1.165) is 12.1 Å². The molecule has 0 spiro atoms. The second-order valence-corrected chi connectivity index (χ2v) is 5.97. The Labute approximate surface area is 157 Å². The largest absolute Gasteiger partial charge is 0.322 e. The highest BCUT2D eigenvalue weighted by atomic mass is 35.5. The minimum Gasteiger partial charge on any atom is -0.322 e. The predicted octanol–water partition coefficient (Wildman–Crippen LogP) is 5.06. The summed E-state index contributed by atoms with van der Waals surface area (Å²) in [4.78, 5) is 20.1. The van der Waals surface area contributed by atoms with Crippen molar-refractivity contribution in [2.75, 3.05) is 10.6 Å². The van der Waals surface area contributed by atoms with Gasteiger partial charge in [0, 0.05) is 23.5 Å². The van der Waals surface area contributed by atoms with E-state index in [1.54, 1.807) is 12.1 Å². The number of aromatic nitrogens is 2. The number of halogens is 4. The van der Waals surface area contributed by atoms with Crippen LogP contribution in [-0.2, 0) is 0 Å². The third kappa shape index (κ3) is 4.25. The first-order valence-electron chi connectivity index (χ1n) is 7.23. The molecule has 0 saturated heterocycles.